The zero-order chi connectivity index (χ0) is 5.98. The van der Waals surface area contributed by atoms with Gasteiger partial charge in [-0.05, 0) is 4.92 Å². The van der Waals surface area contributed by atoms with Crippen LogP contribution in [0.1, 0.15) is 0 Å². The van der Waals surface area contributed by atoms with Crippen molar-refractivity contribution < 1.29 is 4.92 Å². The summed E-state index contributed by atoms with van der Waals surface area (Å²) < 4.78 is 0. The first kappa shape index (κ1) is 4.98. The summed E-state index contributed by atoms with van der Waals surface area (Å²) >= 11 is 0. The Morgan fingerprint density at radius 1 is 1.88 bits per heavy atom. The van der Waals surface area contributed by atoms with Crippen LogP contribution in [0.15, 0.2) is 4.99 Å². The van der Waals surface area contributed by atoms with E-state index >= 15 is 0 Å². The number of nitro groups is 1. The first-order valence-electron chi connectivity index (χ1n) is 1.98. The molecule has 0 unspecified atom stereocenters. The molecule has 0 bridgehead atoms. The molecule has 0 spiro atoms. The van der Waals surface area contributed by atoms with Crippen LogP contribution in [0.3, 0.4) is 0 Å². The van der Waals surface area contributed by atoms with Crippen LogP contribution in [0.5, 0.6) is 0 Å². The Bertz CT molecular complexity index is 141. The van der Waals surface area contributed by atoms with E-state index < -0.39 is 4.92 Å². The fraction of sp³-hybridized carbons (Fsp3) is 0.500. The number of nitrogens with one attached hydrogen (secondary N) is 2. The minimum absolute atomic E-state index is 0.218. The van der Waals surface area contributed by atoms with Crippen LogP contribution in [-0.2, 0) is 0 Å². The minimum Gasteiger partial charge on any atom is -0.390 e. The molecular weight excluding hydrogens is 112 g/mol. The predicted molar refractivity (Wildman–Crippen MR) is 25.6 cm³/mol. The molecule has 0 aromatic heterocycles. The minimum atomic E-state index is -0.583. The van der Waals surface area contributed by atoms with E-state index in [1.54, 1.807) is 0 Å². The Hall–Kier alpha value is -1.17. The SMILES string of the molecule is O=[N+]([O-])C1=NCNN1. The normalized spacial score (nSPS) is 17.2. The first-order valence-corrected chi connectivity index (χ1v) is 1.98. The van der Waals surface area contributed by atoms with Gasteiger partial charge in [-0.15, -0.1) is 5.43 Å². The summed E-state index contributed by atoms with van der Waals surface area (Å²) in [5, 5.41) is 9.77. The van der Waals surface area contributed by atoms with Crippen LogP contribution in [-0.4, -0.2) is 17.6 Å². The molecule has 6 heteroatoms. The Labute approximate surface area is 44.7 Å². The fourth-order valence-electron chi connectivity index (χ4n) is 0.376. The molecule has 6 nitrogen and oxygen atoms in total. The lowest BCUT2D eigenvalue weighted by Crippen LogP contribution is -2.34. The van der Waals surface area contributed by atoms with Crippen LogP contribution in [0, 0.1) is 10.1 Å². The second kappa shape index (κ2) is 1.74. The van der Waals surface area contributed by atoms with Gasteiger partial charge in [0, 0.05) is 0 Å². The highest BCUT2D eigenvalue weighted by Crippen LogP contribution is 1.78. The lowest BCUT2D eigenvalue weighted by molar-refractivity contribution is -0.355. The van der Waals surface area contributed by atoms with Gasteiger partial charge >= 0.3 is 5.96 Å². The Morgan fingerprint density at radius 2 is 2.62 bits per heavy atom. The summed E-state index contributed by atoms with van der Waals surface area (Å²) in [6.07, 6.45) is 0. The maximum Gasteiger partial charge on any atom is 0.441 e. The molecule has 1 heterocycles. The number of guanidine groups is 1. The summed E-state index contributed by atoms with van der Waals surface area (Å²) in [5.74, 6) is -0.218. The third-order valence-electron chi connectivity index (χ3n) is 0.681. The molecule has 1 aliphatic heterocycles. The highest BCUT2D eigenvalue weighted by Gasteiger charge is 2.14. The van der Waals surface area contributed by atoms with Crippen molar-refractivity contribution in [1.29, 1.82) is 0 Å². The van der Waals surface area contributed by atoms with E-state index in [0.717, 1.165) is 0 Å². The highest BCUT2D eigenvalue weighted by molar-refractivity contribution is 5.71. The van der Waals surface area contributed by atoms with Crippen molar-refractivity contribution in [2.75, 3.05) is 6.67 Å². The highest BCUT2D eigenvalue weighted by atomic mass is 16.6. The number of hydrogen-bond acceptors (Lipinski definition) is 5. The van der Waals surface area contributed by atoms with Crippen LogP contribution in [0.4, 0.5) is 0 Å². The van der Waals surface area contributed by atoms with Crippen molar-refractivity contribution in [2.45, 2.75) is 0 Å². The van der Waals surface area contributed by atoms with Crippen molar-refractivity contribution in [2.24, 2.45) is 4.99 Å². The summed E-state index contributed by atoms with van der Waals surface area (Å²) in [5.41, 5.74) is 4.72. The molecule has 0 atom stereocenters. The fourth-order valence-corrected chi connectivity index (χ4v) is 0.376. The molecule has 0 aromatic carbocycles. The van der Waals surface area contributed by atoms with Crippen molar-refractivity contribution in [3.05, 3.63) is 10.1 Å². The quantitative estimate of drug-likeness (QED) is 0.304. The summed E-state index contributed by atoms with van der Waals surface area (Å²) in [6, 6.07) is 0. The van der Waals surface area contributed by atoms with E-state index in [-0.39, 0.29) is 12.6 Å². The average molecular weight is 116 g/mol. The second-order valence-electron chi connectivity index (χ2n) is 1.20. The van der Waals surface area contributed by atoms with Crippen LogP contribution in [0.25, 0.3) is 0 Å². The van der Waals surface area contributed by atoms with Gasteiger partial charge < -0.3 is 10.1 Å². The third-order valence-corrected chi connectivity index (χ3v) is 0.681. The molecule has 0 fully saturated rings. The molecule has 1 rings (SSSR count). The van der Waals surface area contributed by atoms with E-state index in [1.165, 1.54) is 0 Å². The van der Waals surface area contributed by atoms with Gasteiger partial charge in [0.1, 0.15) is 0 Å². The largest absolute Gasteiger partial charge is 0.441 e. The predicted octanol–water partition coefficient (Wildman–Crippen LogP) is -1.32. The van der Waals surface area contributed by atoms with Gasteiger partial charge in [0.15, 0.2) is 6.67 Å². The molecule has 0 saturated carbocycles. The molecule has 8 heavy (non-hydrogen) atoms. The zero-order valence-electron chi connectivity index (χ0n) is 3.92. The molecule has 44 valence electrons. The monoisotopic (exact) mass is 116 g/mol. The van der Waals surface area contributed by atoms with E-state index in [4.69, 9.17) is 0 Å². The maximum atomic E-state index is 9.77. The third kappa shape index (κ3) is 0.733. The van der Waals surface area contributed by atoms with Gasteiger partial charge in [-0.25, -0.2) is 0 Å². The molecule has 0 aliphatic carbocycles. The number of hydrazine groups is 1. The number of nitrogens with zero attached hydrogens (tertiary/aromatic N) is 2. The summed E-state index contributed by atoms with van der Waals surface area (Å²) in [4.78, 5) is 12.6. The molecule has 0 aromatic rings. The van der Waals surface area contributed by atoms with Crippen molar-refractivity contribution in [1.82, 2.24) is 10.9 Å². The molecule has 0 amide bonds. The maximum absolute atomic E-state index is 9.77. The van der Waals surface area contributed by atoms with E-state index in [9.17, 15) is 10.1 Å². The molecule has 0 saturated heterocycles. The number of hydrogen-bond donors (Lipinski definition) is 2. The smallest absolute Gasteiger partial charge is 0.390 e. The summed E-state index contributed by atoms with van der Waals surface area (Å²) in [6.45, 7) is 0.274. The van der Waals surface area contributed by atoms with Gasteiger partial charge in [-0.1, -0.05) is 4.99 Å². The number of aliphatic imine (C=N–C) groups is 1. The summed E-state index contributed by atoms with van der Waals surface area (Å²) in [7, 11) is 0. The average Bonchev–Trinajstić information content (AvgIpc) is 2.12. The molecular formula is C2H4N4O2. The van der Waals surface area contributed by atoms with Gasteiger partial charge in [0.05, 0.1) is 0 Å². The topological polar surface area (TPSA) is 79.6 Å². The van der Waals surface area contributed by atoms with E-state index in [2.05, 4.69) is 15.8 Å². The van der Waals surface area contributed by atoms with Crippen molar-refractivity contribution in [3.8, 4) is 0 Å². The zero-order valence-corrected chi connectivity index (χ0v) is 3.92. The molecule has 0 radical (unpaired) electrons. The van der Waals surface area contributed by atoms with Gasteiger partial charge in [-0.3, -0.25) is 0 Å². The first-order chi connectivity index (χ1) is 3.80. The lowest BCUT2D eigenvalue weighted by Gasteiger charge is -1.90. The van der Waals surface area contributed by atoms with Crippen LogP contribution < -0.4 is 10.9 Å². The van der Waals surface area contributed by atoms with E-state index in [1.807, 2.05) is 0 Å². The van der Waals surface area contributed by atoms with Gasteiger partial charge in [-0.2, -0.15) is 5.43 Å². The Kier molecular flexibility index (Phi) is 1.09. The van der Waals surface area contributed by atoms with Crippen LogP contribution in [0.2, 0.25) is 0 Å². The van der Waals surface area contributed by atoms with Gasteiger partial charge in [0.25, 0.3) is 0 Å². The van der Waals surface area contributed by atoms with E-state index in [0.29, 0.717) is 0 Å². The Balaban J connectivity index is 2.57. The van der Waals surface area contributed by atoms with Gasteiger partial charge in [0.2, 0.25) is 0 Å². The van der Waals surface area contributed by atoms with Crippen molar-refractivity contribution in [3.63, 3.8) is 0 Å². The Morgan fingerprint density at radius 3 is 2.88 bits per heavy atom. The molecule has 2 N–H and O–H groups in total. The lowest BCUT2D eigenvalue weighted by atomic mass is 11.0. The second-order valence-corrected chi connectivity index (χ2v) is 1.20. The number of rotatable bonds is 0. The molecule has 1 aliphatic rings. The van der Waals surface area contributed by atoms with Crippen molar-refractivity contribution >= 4 is 5.96 Å². The standard InChI is InChI=1S/C2H4N4O2/c7-6(8)2-3-1-4-5-2/h4H,1H2,(H,3,5). The van der Waals surface area contributed by atoms with Crippen LogP contribution >= 0.6 is 0 Å².